The fourth-order valence-electron chi connectivity index (χ4n) is 9.94. The van der Waals surface area contributed by atoms with Crippen molar-refractivity contribution in [1.29, 1.82) is 0 Å². The number of hydrogen-bond donors (Lipinski definition) is 0. The summed E-state index contributed by atoms with van der Waals surface area (Å²) in [6.45, 7) is 4.72. The lowest BCUT2D eigenvalue weighted by Crippen LogP contribution is -2.14. The van der Waals surface area contributed by atoms with Gasteiger partial charge in [-0.2, -0.15) is 0 Å². The molecule has 11 aromatic rings. The van der Waals surface area contributed by atoms with E-state index in [1.807, 2.05) is 36.4 Å². The lowest BCUT2D eigenvalue weighted by molar-refractivity contribution is 0.661. The zero-order valence-electron chi connectivity index (χ0n) is 34.0. The maximum atomic E-state index is 5.08. The molecule has 0 spiro atoms. The molecule has 0 radical (unpaired) electrons. The second kappa shape index (κ2) is 13.7. The van der Waals surface area contributed by atoms with E-state index in [0.29, 0.717) is 18.1 Å². The van der Waals surface area contributed by atoms with Gasteiger partial charge in [0.25, 0.3) is 0 Å². The van der Waals surface area contributed by atoms with Crippen LogP contribution in [0.4, 0.5) is 0 Å². The molecule has 0 amide bonds. The normalized spacial score (nSPS) is 13.0. The van der Waals surface area contributed by atoms with Gasteiger partial charge < -0.3 is 9.13 Å². The summed E-state index contributed by atoms with van der Waals surface area (Å²) in [4.78, 5) is 15.1. The molecular formula is C56H41N5. The number of nitrogens with zero attached hydrogens (tertiary/aromatic N) is 5. The third-order valence-electron chi connectivity index (χ3n) is 12.9. The second-order valence-corrected chi connectivity index (χ2v) is 16.8. The fraction of sp³-hybridized carbons (Fsp3) is 0.0893. The van der Waals surface area contributed by atoms with Crippen LogP contribution in [0.15, 0.2) is 188 Å². The first-order valence-electron chi connectivity index (χ1n) is 21.2. The van der Waals surface area contributed by atoms with Crippen LogP contribution >= 0.6 is 0 Å². The summed E-state index contributed by atoms with van der Waals surface area (Å²) in [6, 6.07) is 67.7. The summed E-state index contributed by atoms with van der Waals surface area (Å²) in [6.07, 6.45) is 1.37. The highest BCUT2D eigenvalue weighted by Crippen LogP contribution is 2.51. The summed E-state index contributed by atoms with van der Waals surface area (Å²) in [7, 11) is 0. The first-order valence-corrected chi connectivity index (χ1v) is 21.2. The van der Waals surface area contributed by atoms with Crippen molar-refractivity contribution < 1.29 is 0 Å². The van der Waals surface area contributed by atoms with E-state index in [-0.39, 0.29) is 5.41 Å². The molecule has 61 heavy (non-hydrogen) atoms. The Hall–Kier alpha value is -7.63. The molecule has 0 atom stereocenters. The van der Waals surface area contributed by atoms with E-state index in [0.717, 1.165) is 34.7 Å². The van der Waals surface area contributed by atoms with Gasteiger partial charge in [-0.15, -0.1) is 0 Å². The number of fused-ring (bicyclic) bond motifs is 9. The minimum absolute atomic E-state index is 0.0864. The Balaban J connectivity index is 1.06. The highest BCUT2D eigenvalue weighted by molar-refractivity contribution is 6.12. The molecule has 0 saturated heterocycles. The second-order valence-electron chi connectivity index (χ2n) is 16.8. The van der Waals surface area contributed by atoms with Gasteiger partial charge >= 0.3 is 0 Å². The molecule has 0 fully saturated rings. The average molecular weight is 784 g/mol. The molecule has 8 aromatic carbocycles. The molecule has 12 rings (SSSR count). The van der Waals surface area contributed by atoms with Gasteiger partial charge in [0.15, 0.2) is 11.6 Å². The molecular weight excluding hydrogens is 743 g/mol. The van der Waals surface area contributed by atoms with Gasteiger partial charge in [-0.25, -0.2) is 15.0 Å². The van der Waals surface area contributed by atoms with Crippen molar-refractivity contribution in [3.8, 4) is 45.3 Å². The quantitative estimate of drug-likeness (QED) is 0.162. The number of para-hydroxylation sites is 3. The molecule has 0 saturated carbocycles. The number of aryl methyl sites for hydroxylation is 2. The third-order valence-corrected chi connectivity index (χ3v) is 12.9. The lowest BCUT2D eigenvalue weighted by atomic mass is 9.82. The summed E-state index contributed by atoms with van der Waals surface area (Å²) in [5, 5.41) is 5.00. The van der Waals surface area contributed by atoms with Crippen LogP contribution in [0.3, 0.4) is 0 Å². The van der Waals surface area contributed by atoms with Gasteiger partial charge in [0.2, 0.25) is 0 Å². The predicted octanol–water partition coefficient (Wildman–Crippen LogP) is 13.5. The van der Waals surface area contributed by atoms with Gasteiger partial charge in [-0.3, -0.25) is 0 Å². The van der Waals surface area contributed by atoms with Gasteiger partial charge in [-0.05, 0) is 76.7 Å². The Bertz CT molecular complexity index is 3390. The molecule has 3 heterocycles. The molecule has 1 aliphatic rings. The van der Waals surface area contributed by atoms with Crippen LogP contribution in [0.2, 0.25) is 0 Å². The van der Waals surface area contributed by atoms with Crippen molar-refractivity contribution in [2.45, 2.75) is 32.1 Å². The van der Waals surface area contributed by atoms with Crippen LogP contribution in [0.5, 0.6) is 0 Å². The molecule has 0 bridgehead atoms. The van der Waals surface area contributed by atoms with Crippen LogP contribution in [-0.2, 0) is 18.3 Å². The molecule has 3 aromatic heterocycles. The van der Waals surface area contributed by atoms with Crippen LogP contribution < -0.4 is 0 Å². The van der Waals surface area contributed by atoms with Crippen LogP contribution in [0.1, 0.15) is 36.4 Å². The third kappa shape index (κ3) is 5.58. The Morgan fingerprint density at radius 3 is 1.59 bits per heavy atom. The molecule has 290 valence electrons. The Kier molecular flexibility index (Phi) is 7.94. The molecule has 0 aliphatic heterocycles. The molecule has 1 aliphatic carbocycles. The fourth-order valence-corrected chi connectivity index (χ4v) is 9.94. The van der Waals surface area contributed by atoms with Crippen molar-refractivity contribution in [3.63, 3.8) is 0 Å². The van der Waals surface area contributed by atoms with Crippen LogP contribution in [0, 0.1) is 0 Å². The van der Waals surface area contributed by atoms with E-state index in [2.05, 4.69) is 175 Å². The summed E-state index contributed by atoms with van der Waals surface area (Å²) >= 11 is 0. The van der Waals surface area contributed by atoms with Crippen LogP contribution in [-0.4, -0.2) is 24.1 Å². The van der Waals surface area contributed by atoms with Crippen molar-refractivity contribution >= 4 is 43.6 Å². The highest BCUT2D eigenvalue weighted by Gasteiger charge is 2.36. The van der Waals surface area contributed by atoms with E-state index in [1.165, 1.54) is 71.4 Å². The Labute approximate surface area is 354 Å². The lowest BCUT2D eigenvalue weighted by Gasteiger charge is -2.21. The monoisotopic (exact) mass is 783 g/mol. The summed E-state index contributed by atoms with van der Waals surface area (Å²) < 4.78 is 4.94. The van der Waals surface area contributed by atoms with Crippen molar-refractivity contribution in [2.24, 2.45) is 0 Å². The number of hydrogen-bond acceptors (Lipinski definition) is 3. The Morgan fingerprint density at radius 2 is 0.951 bits per heavy atom. The van der Waals surface area contributed by atoms with Gasteiger partial charge in [0.05, 0.1) is 27.8 Å². The highest BCUT2D eigenvalue weighted by atomic mass is 15.0. The van der Waals surface area contributed by atoms with Gasteiger partial charge in [-0.1, -0.05) is 159 Å². The SMILES string of the molecule is CC1(C)c2ccccc2-c2cc3c(cc21)c1ccccc1n3-c1ccc(CCc2nc(-c3ccccc3)nc(-c3ccccc3)n2)c(-n2c3ccccc3c3ccccc32)c1. The largest absolute Gasteiger partial charge is 0.309 e. The van der Waals surface area contributed by atoms with E-state index in [4.69, 9.17) is 15.0 Å². The molecule has 0 N–H and O–H groups in total. The number of benzene rings is 8. The smallest absolute Gasteiger partial charge is 0.163 e. The van der Waals surface area contributed by atoms with E-state index < -0.39 is 0 Å². The number of rotatable bonds is 7. The van der Waals surface area contributed by atoms with Crippen molar-refractivity contribution in [1.82, 2.24) is 24.1 Å². The van der Waals surface area contributed by atoms with E-state index >= 15 is 0 Å². The zero-order valence-corrected chi connectivity index (χ0v) is 34.0. The standard InChI is InChI=1S/C56H41N5/c1-56(2)46-25-13-9-21-40(46)44-35-52-45(34-47(44)56)43-24-12-14-26-48(43)60(52)39-31-29-36(51(33-39)61-49-27-15-10-22-41(49)42-23-11-16-28-50(42)61)30-32-53-57-54(37-17-5-3-6-18-37)59-55(58-53)38-19-7-4-8-20-38/h3-29,31,33-35H,30,32H2,1-2H3. The zero-order chi connectivity index (χ0) is 40.7. The summed E-state index contributed by atoms with van der Waals surface area (Å²) in [5.41, 5.74) is 15.5. The Morgan fingerprint density at radius 1 is 0.410 bits per heavy atom. The van der Waals surface area contributed by atoms with Crippen LogP contribution in [0.25, 0.3) is 88.9 Å². The minimum atomic E-state index is -0.0864. The van der Waals surface area contributed by atoms with Gasteiger partial charge in [0, 0.05) is 50.2 Å². The molecule has 0 unspecified atom stereocenters. The first-order chi connectivity index (χ1) is 30.0. The maximum absolute atomic E-state index is 5.08. The van der Waals surface area contributed by atoms with Gasteiger partial charge in [0.1, 0.15) is 5.82 Å². The average Bonchev–Trinajstić information content (AvgIpc) is 3.91. The minimum Gasteiger partial charge on any atom is -0.309 e. The summed E-state index contributed by atoms with van der Waals surface area (Å²) in [5.74, 6) is 2.14. The van der Waals surface area contributed by atoms with Crippen molar-refractivity contribution in [2.75, 3.05) is 0 Å². The number of aromatic nitrogens is 5. The maximum Gasteiger partial charge on any atom is 0.163 e. The predicted molar refractivity (Wildman–Crippen MR) is 251 cm³/mol. The molecule has 5 heteroatoms. The van der Waals surface area contributed by atoms with Crippen molar-refractivity contribution in [3.05, 3.63) is 211 Å². The first kappa shape index (κ1) is 35.3. The molecule has 5 nitrogen and oxygen atoms in total. The van der Waals surface area contributed by atoms with E-state index in [1.54, 1.807) is 0 Å². The van der Waals surface area contributed by atoms with E-state index in [9.17, 15) is 0 Å². The topological polar surface area (TPSA) is 48.5 Å².